The predicted molar refractivity (Wildman–Crippen MR) is 77.3 cm³/mol. The Morgan fingerprint density at radius 1 is 1.42 bits per heavy atom. The van der Waals surface area contributed by atoms with Crippen LogP contribution in [0.4, 0.5) is 5.82 Å². The van der Waals surface area contributed by atoms with Gasteiger partial charge in [0.15, 0.2) is 0 Å². The average molecular weight is 320 g/mol. The van der Waals surface area contributed by atoms with E-state index in [-0.39, 0.29) is 5.91 Å². The molecule has 4 nitrogen and oxygen atoms in total. The predicted octanol–water partition coefficient (Wildman–Crippen LogP) is 3.54. The molecule has 0 unspecified atom stereocenters. The van der Waals surface area contributed by atoms with Gasteiger partial charge in [-0.1, -0.05) is 0 Å². The molecule has 1 aliphatic carbocycles. The van der Waals surface area contributed by atoms with Gasteiger partial charge in [0.05, 0.1) is 5.69 Å². The fourth-order valence-electron chi connectivity index (χ4n) is 2.05. The van der Waals surface area contributed by atoms with Crippen LogP contribution in [-0.4, -0.2) is 15.5 Å². The van der Waals surface area contributed by atoms with Crippen molar-refractivity contribution < 1.29 is 4.79 Å². The summed E-state index contributed by atoms with van der Waals surface area (Å²) < 4.78 is 2.98. The van der Waals surface area contributed by atoms with Gasteiger partial charge < -0.3 is 9.88 Å². The summed E-state index contributed by atoms with van der Waals surface area (Å²) >= 11 is 3.39. The number of anilines is 1. The van der Waals surface area contributed by atoms with Crippen molar-refractivity contribution >= 4 is 27.7 Å². The van der Waals surface area contributed by atoms with Gasteiger partial charge in [0, 0.05) is 16.7 Å². The van der Waals surface area contributed by atoms with E-state index in [9.17, 15) is 4.79 Å². The molecule has 0 aromatic carbocycles. The minimum atomic E-state index is -0.105. The number of aromatic nitrogens is 2. The molecule has 1 fully saturated rings. The first kappa shape index (κ1) is 12.4. The van der Waals surface area contributed by atoms with Crippen LogP contribution in [0.5, 0.6) is 0 Å². The average Bonchev–Trinajstić information content (AvgIpc) is 3.11. The second-order valence-electron chi connectivity index (χ2n) is 4.75. The molecule has 0 atom stereocenters. The molecular formula is C14H14BrN3O. The van der Waals surface area contributed by atoms with Gasteiger partial charge in [-0.2, -0.15) is 0 Å². The molecule has 3 rings (SSSR count). The second-order valence-corrected chi connectivity index (χ2v) is 5.60. The Morgan fingerprint density at radius 3 is 2.89 bits per heavy atom. The molecule has 0 radical (unpaired) electrons. The molecule has 0 saturated heterocycles. The van der Waals surface area contributed by atoms with Crippen LogP contribution >= 0.6 is 15.9 Å². The van der Waals surface area contributed by atoms with E-state index in [1.54, 1.807) is 6.07 Å². The van der Waals surface area contributed by atoms with Crippen molar-refractivity contribution in [2.45, 2.75) is 25.8 Å². The third-order valence-electron chi connectivity index (χ3n) is 3.21. The van der Waals surface area contributed by atoms with E-state index in [2.05, 4.69) is 26.2 Å². The lowest BCUT2D eigenvalue weighted by Gasteiger charge is -2.09. The highest BCUT2D eigenvalue weighted by atomic mass is 79.9. The van der Waals surface area contributed by atoms with Gasteiger partial charge in [0.1, 0.15) is 11.5 Å². The second kappa shape index (κ2) is 4.81. The van der Waals surface area contributed by atoms with Crippen molar-refractivity contribution in [1.82, 2.24) is 9.55 Å². The molecular weight excluding hydrogens is 306 g/mol. The van der Waals surface area contributed by atoms with E-state index in [1.165, 1.54) is 0 Å². The van der Waals surface area contributed by atoms with Gasteiger partial charge in [-0.15, -0.1) is 0 Å². The van der Waals surface area contributed by atoms with E-state index >= 15 is 0 Å². The fraction of sp³-hybridized carbons (Fsp3) is 0.286. The molecule has 5 heteroatoms. The zero-order chi connectivity index (χ0) is 13.4. The zero-order valence-corrected chi connectivity index (χ0v) is 12.1. The van der Waals surface area contributed by atoms with Crippen LogP contribution in [0.1, 0.15) is 35.1 Å². The molecule has 1 aliphatic rings. The van der Waals surface area contributed by atoms with E-state index in [4.69, 9.17) is 0 Å². The van der Waals surface area contributed by atoms with Crippen LogP contribution in [0.15, 0.2) is 34.9 Å². The van der Waals surface area contributed by atoms with Crippen molar-refractivity contribution in [2.24, 2.45) is 0 Å². The Balaban J connectivity index is 1.80. The van der Waals surface area contributed by atoms with Gasteiger partial charge in [-0.3, -0.25) is 4.79 Å². The Kier molecular flexibility index (Phi) is 3.14. The number of aryl methyl sites for hydroxylation is 1. The molecule has 98 valence electrons. The Morgan fingerprint density at radius 2 is 2.21 bits per heavy atom. The highest BCUT2D eigenvalue weighted by Gasteiger charge is 2.26. The van der Waals surface area contributed by atoms with E-state index in [1.807, 2.05) is 35.9 Å². The third kappa shape index (κ3) is 2.56. The molecule has 19 heavy (non-hydrogen) atoms. The maximum absolute atomic E-state index is 12.2. The molecule has 1 amide bonds. The number of nitrogens with one attached hydrogen (secondary N) is 1. The van der Waals surface area contributed by atoms with Gasteiger partial charge in [-0.25, -0.2) is 4.98 Å². The highest BCUT2D eigenvalue weighted by molar-refractivity contribution is 9.10. The molecule has 2 heterocycles. The van der Waals surface area contributed by atoms with Crippen molar-refractivity contribution in [3.05, 3.63) is 46.3 Å². The van der Waals surface area contributed by atoms with Crippen molar-refractivity contribution in [3.63, 3.8) is 0 Å². The Bertz CT molecular complexity index is 631. The summed E-state index contributed by atoms with van der Waals surface area (Å²) in [5.41, 5.74) is 1.56. The van der Waals surface area contributed by atoms with Crippen molar-refractivity contribution in [1.29, 1.82) is 0 Å². The number of hydrogen-bond donors (Lipinski definition) is 1. The summed E-state index contributed by atoms with van der Waals surface area (Å²) in [6.45, 7) is 1.90. The third-order valence-corrected chi connectivity index (χ3v) is 4.05. The first-order valence-electron chi connectivity index (χ1n) is 6.26. The van der Waals surface area contributed by atoms with Gasteiger partial charge in [-0.05, 0) is 60.0 Å². The number of carbonyl (C=O) groups is 1. The summed E-state index contributed by atoms with van der Waals surface area (Å²) in [4.78, 5) is 16.6. The molecule has 0 bridgehead atoms. The minimum absolute atomic E-state index is 0.105. The van der Waals surface area contributed by atoms with Crippen molar-refractivity contribution in [3.8, 4) is 0 Å². The van der Waals surface area contributed by atoms with Crippen LogP contribution in [-0.2, 0) is 0 Å². The fourth-order valence-corrected chi connectivity index (χ4v) is 2.27. The molecule has 2 aromatic rings. The lowest BCUT2D eigenvalue weighted by Crippen LogP contribution is -2.17. The van der Waals surface area contributed by atoms with E-state index in [0.29, 0.717) is 17.6 Å². The maximum atomic E-state index is 12.2. The summed E-state index contributed by atoms with van der Waals surface area (Å²) in [6.07, 6.45) is 4.28. The number of amides is 1. The number of rotatable bonds is 3. The smallest absolute Gasteiger partial charge is 0.273 e. The summed E-state index contributed by atoms with van der Waals surface area (Å²) in [7, 11) is 0. The molecule has 2 aromatic heterocycles. The van der Waals surface area contributed by atoms with Crippen LogP contribution in [0.25, 0.3) is 0 Å². The summed E-state index contributed by atoms with van der Waals surface area (Å²) in [5.74, 6) is 0.473. The maximum Gasteiger partial charge on any atom is 0.273 e. The number of halogens is 1. The van der Waals surface area contributed by atoms with Crippen LogP contribution in [0, 0.1) is 6.92 Å². The van der Waals surface area contributed by atoms with Crippen LogP contribution < -0.4 is 5.32 Å². The number of pyridine rings is 1. The Labute approximate surface area is 120 Å². The van der Waals surface area contributed by atoms with Crippen LogP contribution in [0.2, 0.25) is 0 Å². The molecule has 1 saturated carbocycles. The Hall–Kier alpha value is -1.62. The van der Waals surface area contributed by atoms with Gasteiger partial charge in [0.2, 0.25) is 0 Å². The molecule has 1 N–H and O–H groups in total. The van der Waals surface area contributed by atoms with Crippen LogP contribution in [0.3, 0.4) is 0 Å². The first-order valence-corrected chi connectivity index (χ1v) is 7.06. The lowest BCUT2D eigenvalue weighted by atomic mass is 10.3. The summed E-state index contributed by atoms with van der Waals surface area (Å²) in [6, 6.07) is 7.93. The number of hydrogen-bond acceptors (Lipinski definition) is 2. The summed E-state index contributed by atoms with van der Waals surface area (Å²) in [5, 5.41) is 2.84. The monoisotopic (exact) mass is 319 g/mol. The lowest BCUT2D eigenvalue weighted by molar-refractivity contribution is 0.101. The SMILES string of the molecule is Cc1nc(NC(=O)c2cccn2C2CC2)ccc1Br. The normalized spacial score (nSPS) is 14.4. The van der Waals surface area contributed by atoms with Gasteiger partial charge in [0.25, 0.3) is 5.91 Å². The molecule has 0 aliphatic heterocycles. The highest BCUT2D eigenvalue weighted by Crippen LogP contribution is 2.36. The number of nitrogens with zero attached hydrogens (tertiary/aromatic N) is 2. The molecule has 0 spiro atoms. The number of carbonyl (C=O) groups excluding carboxylic acids is 1. The van der Waals surface area contributed by atoms with E-state index in [0.717, 1.165) is 23.0 Å². The quantitative estimate of drug-likeness (QED) is 0.940. The topological polar surface area (TPSA) is 46.9 Å². The van der Waals surface area contributed by atoms with Crippen molar-refractivity contribution in [2.75, 3.05) is 5.32 Å². The first-order chi connectivity index (χ1) is 9.15. The van der Waals surface area contributed by atoms with E-state index < -0.39 is 0 Å². The minimum Gasteiger partial charge on any atom is -0.340 e. The standard InChI is InChI=1S/C14H14BrN3O/c1-9-11(15)6-7-13(16-9)17-14(19)12-3-2-8-18(12)10-4-5-10/h2-3,6-8,10H,4-5H2,1H3,(H,16,17,19). The zero-order valence-electron chi connectivity index (χ0n) is 10.6. The van der Waals surface area contributed by atoms with Gasteiger partial charge >= 0.3 is 0 Å². The largest absolute Gasteiger partial charge is 0.340 e.